The molecule has 1 aromatic heterocycles. The van der Waals surface area contributed by atoms with Crippen LogP contribution in [0.25, 0.3) is 0 Å². The number of anilines is 1. The Kier molecular flexibility index (Phi) is 5.95. The summed E-state index contributed by atoms with van der Waals surface area (Å²) in [4.78, 5) is 16.4. The van der Waals surface area contributed by atoms with Crippen molar-refractivity contribution in [1.29, 1.82) is 0 Å². The molecule has 2 N–H and O–H groups in total. The van der Waals surface area contributed by atoms with E-state index in [-0.39, 0.29) is 11.8 Å². The topological polar surface area (TPSA) is 71.1 Å². The number of hydrogen-bond donors (Lipinski definition) is 2. The Morgan fingerprint density at radius 3 is 2.63 bits per heavy atom. The first-order valence-electron chi connectivity index (χ1n) is 6.22. The normalized spacial score (nSPS) is 12.3. The van der Waals surface area contributed by atoms with Crippen LogP contribution in [-0.4, -0.2) is 40.7 Å². The molecule has 0 aliphatic heterocycles. The van der Waals surface area contributed by atoms with Gasteiger partial charge in [-0.15, -0.1) is 0 Å². The van der Waals surface area contributed by atoms with Gasteiger partial charge in [0.1, 0.15) is 5.82 Å². The molecule has 0 bridgehead atoms. The van der Waals surface area contributed by atoms with Crippen molar-refractivity contribution < 1.29 is 9.00 Å². The summed E-state index contributed by atoms with van der Waals surface area (Å²) in [6, 6.07) is 3.51. The highest BCUT2D eigenvalue weighted by molar-refractivity contribution is 7.84. The largest absolute Gasteiger partial charge is 0.373 e. The smallest absolute Gasteiger partial charge is 0.251 e. The average molecular weight is 283 g/mol. The Balaban J connectivity index is 2.83. The van der Waals surface area contributed by atoms with Gasteiger partial charge in [0.05, 0.1) is 0 Å². The quantitative estimate of drug-likeness (QED) is 0.827. The summed E-state index contributed by atoms with van der Waals surface area (Å²) in [7, 11) is 0.877. The second-order valence-corrected chi connectivity index (χ2v) is 6.16. The first kappa shape index (κ1) is 15.6. The molecule has 0 aliphatic carbocycles. The molecular weight excluding hydrogens is 262 g/mol. The van der Waals surface area contributed by atoms with E-state index in [1.807, 2.05) is 13.8 Å². The lowest BCUT2D eigenvalue weighted by molar-refractivity contribution is 0.0956. The number of hydrogen-bond acceptors (Lipinski definition) is 4. The highest BCUT2D eigenvalue weighted by Gasteiger charge is 2.11. The number of rotatable bonds is 6. The van der Waals surface area contributed by atoms with E-state index in [4.69, 9.17) is 0 Å². The summed E-state index contributed by atoms with van der Waals surface area (Å²) >= 11 is 0. The van der Waals surface area contributed by atoms with Gasteiger partial charge in [-0.25, -0.2) is 4.98 Å². The van der Waals surface area contributed by atoms with Crippen molar-refractivity contribution in [3.8, 4) is 0 Å². The number of amides is 1. The third kappa shape index (κ3) is 4.98. The van der Waals surface area contributed by atoms with Crippen LogP contribution in [0, 0.1) is 0 Å². The number of aromatic nitrogens is 1. The number of nitrogens with one attached hydrogen (secondary N) is 2. The van der Waals surface area contributed by atoms with Crippen LogP contribution >= 0.6 is 0 Å². The maximum Gasteiger partial charge on any atom is 0.251 e. The molecule has 0 fully saturated rings. The van der Waals surface area contributed by atoms with E-state index in [1.165, 1.54) is 0 Å². The van der Waals surface area contributed by atoms with Gasteiger partial charge in [-0.3, -0.25) is 9.00 Å². The van der Waals surface area contributed by atoms with Crippen molar-refractivity contribution in [3.63, 3.8) is 0 Å². The van der Waals surface area contributed by atoms with Crippen molar-refractivity contribution in [1.82, 2.24) is 10.3 Å². The molecule has 1 amide bonds. The predicted octanol–water partition coefficient (Wildman–Crippen LogP) is 1.35. The molecule has 0 saturated heterocycles. The predicted molar refractivity (Wildman–Crippen MR) is 79.1 cm³/mol. The Bertz CT molecular complexity index is 475. The summed E-state index contributed by atoms with van der Waals surface area (Å²) < 4.78 is 10.9. The zero-order chi connectivity index (χ0) is 14.4. The molecule has 106 valence electrons. The minimum Gasteiger partial charge on any atom is -0.373 e. The van der Waals surface area contributed by atoms with Crippen LogP contribution in [0.15, 0.2) is 12.1 Å². The molecule has 1 rings (SSSR count). The maximum absolute atomic E-state index is 12.0. The first-order valence-corrected chi connectivity index (χ1v) is 7.94. The SMILES string of the molecule is CNc1cc(C(=O)NCCS(C)=O)cc(C(C)C)n1. The third-order valence-corrected chi connectivity index (χ3v) is 3.41. The van der Waals surface area contributed by atoms with Crippen LogP contribution in [0.1, 0.15) is 35.8 Å². The minimum absolute atomic E-state index is 0.161. The Hall–Kier alpha value is -1.43. The molecule has 5 nitrogen and oxygen atoms in total. The van der Waals surface area contributed by atoms with Crippen molar-refractivity contribution in [2.75, 3.05) is 30.9 Å². The zero-order valence-corrected chi connectivity index (χ0v) is 12.6. The molecule has 1 heterocycles. The van der Waals surface area contributed by atoms with Gasteiger partial charge >= 0.3 is 0 Å². The summed E-state index contributed by atoms with van der Waals surface area (Å²) in [5.41, 5.74) is 1.45. The average Bonchev–Trinajstić information content (AvgIpc) is 2.37. The van der Waals surface area contributed by atoms with E-state index in [9.17, 15) is 9.00 Å². The van der Waals surface area contributed by atoms with Crippen molar-refractivity contribution in [2.45, 2.75) is 19.8 Å². The molecule has 0 aromatic carbocycles. The number of nitrogens with zero attached hydrogens (tertiary/aromatic N) is 1. The molecule has 6 heteroatoms. The summed E-state index contributed by atoms with van der Waals surface area (Å²) in [6.45, 7) is 4.48. The van der Waals surface area contributed by atoms with Crippen molar-refractivity contribution in [2.24, 2.45) is 0 Å². The molecule has 0 radical (unpaired) electrons. The Labute approximate surface area is 116 Å². The van der Waals surface area contributed by atoms with Gasteiger partial charge in [-0.1, -0.05) is 13.8 Å². The van der Waals surface area contributed by atoms with Gasteiger partial charge in [0, 0.05) is 47.7 Å². The van der Waals surface area contributed by atoms with Gasteiger partial charge in [-0.2, -0.15) is 0 Å². The molecule has 1 aromatic rings. The lowest BCUT2D eigenvalue weighted by atomic mass is 10.1. The second-order valence-electron chi connectivity index (χ2n) is 4.60. The molecule has 1 atom stereocenters. The molecule has 0 spiro atoms. The van der Waals surface area contributed by atoms with Crippen LogP contribution in [0.4, 0.5) is 5.82 Å². The fourth-order valence-corrected chi connectivity index (χ4v) is 1.91. The third-order valence-electron chi connectivity index (χ3n) is 2.63. The molecule has 1 unspecified atom stereocenters. The summed E-state index contributed by atoms with van der Waals surface area (Å²) in [5.74, 6) is 1.23. The lowest BCUT2D eigenvalue weighted by Crippen LogP contribution is -2.27. The zero-order valence-electron chi connectivity index (χ0n) is 11.8. The van der Waals surface area contributed by atoms with E-state index < -0.39 is 10.8 Å². The molecule has 0 saturated carbocycles. The monoisotopic (exact) mass is 283 g/mol. The molecule has 19 heavy (non-hydrogen) atoms. The Morgan fingerprint density at radius 1 is 1.42 bits per heavy atom. The van der Waals surface area contributed by atoms with E-state index in [2.05, 4.69) is 15.6 Å². The van der Waals surface area contributed by atoms with Crippen LogP contribution in [-0.2, 0) is 10.8 Å². The minimum atomic E-state index is -0.896. The molecule has 0 aliphatic rings. The first-order chi connectivity index (χ1) is 8.93. The van der Waals surface area contributed by atoms with E-state index >= 15 is 0 Å². The van der Waals surface area contributed by atoms with Gasteiger partial charge in [0.2, 0.25) is 0 Å². The summed E-state index contributed by atoms with van der Waals surface area (Å²) in [6.07, 6.45) is 1.62. The Morgan fingerprint density at radius 2 is 2.11 bits per heavy atom. The lowest BCUT2D eigenvalue weighted by Gasteiger charge is -2.11. The van der Waals surface area contributed by atoms with Gasteiger partial charge in [0.25, 0.3) is 5.91 Å². The number of carbonyl (C=O) groups excluding carboxylic acids is 1. The number of pyridine rings is 1. The fraction of sp³-hybridized carbons (Fsp3) is 0.538. The van der Waals surface area contributed by atoms with E-state index in [0.29, 0.717) is 23.7 Å². The van der Waals surface area contributed by atoms with Crippen LogP contribution in [0.3, 0.4) is 0 Å². The van der Waals surface area contributed by atoms with Crippen LogP contribution in [0.5, 0.6) is 0 Å². The van der Waals surface area contributed by atoms with Gasteiger partial charge in [-0.05, 0) is 18.1 Å². The van der Waals surface area contributed by atoms with Gasteiger partial charge < -0.3 is 10.6 Å². The standard InChI is InChI=1S/C13H21N3O2S/c1-9(2)11-7-10(8-12(14-3)16-11)13(17)15-5-6-19(4)18/h7-9H,5-6H2,1-4H3,(H,14,16)(H,15,17). The highest BCUT2D eigenvalue weighted by Crippen LogP contribution is 2.17. The van der Waals surface area contributed by atoms with Crippen molar-refractivity contribution in [3.05, 3.63) is 23.4 Å². The fourth-order valence-electron chi connectivity index (χ4n) is 1.52. The highest BCUT2D eigenvalue weighted by atomic mass is 32.2. The van der Waals surface area contributed by atoms with Crippen LogP contribution < -0.4 is 10.6 Å². The van der Waals surface area contributed by atoms with E-state index in [0.717, 1.165) is 5.69 Å². The van der Waals surface area contributed by atoms with E-state index in [1.54, 1.807) is 25.4 Å². The maximum atomic E-state index is 12.0. The number of carbonyl (C=O) groups is 1. The van der Waals surface area contributed by atoms with Crippen molar-refractivity contribution >= 4 is 22.5 Å². The second kappa shape index (κ2) is 7.23. The van der Waals surface area contributed by atoms with Crippen LogP contribution in [0.2, 0.25) is 0 Å². The van der Waals surface area contributed by atoms with Gasteiger partial charge in [0.15, 0.2) is 0 Å². The molecular formula is C13H21N3O2S. The summed E-state index contributed by atoms with van der Waals surface area (Å²) in [5, 5.41) is 5.71.